The Bertz CT molecular complexity index is 944. The number of ether oxygens (including phenoxy) is 4. The van der Waals surface area contributed by atoms with E-state index in [4.69, 9.17) is 18.9 Å². The average molecular weight is 472 g/mol. The molecule has 2 rings (SSSR count). The normalized spacial score (nSPS) is 14.6. The first-order chi connectivity index (χ1) is 16.2. The first kappa shape index (κ1) is 27.3. The van der Waals surface area contributed by atoms with Gasteiger partial charge in [0.2, 0.25) is 5.90 Å². The summed E-state index contributed by atoms with van der Waals surface area (Å²) in [6, 6.07) is 5.66. The van der Waals surface area contributed by atoms with Crippen molar-refractivity contribution in [3.05, 3.63) is 53.8 Å². The van der Waals surface area contributed by atoms with Gasteiger partial charge in [-0.05, 0) is 35.3 Å². The molecule has 0 N–H and O–H groups in total. The first-order valence-corrected chi connectivity index (χ1v) is 11.3. The molecule has 0 unspecified atom stereocenters. The number of hydrogen-bond acceptors (Lipinski definition) is 8. The van der Waals surface area contributed by atoms with Crippen LogP contribution in [0.5, 0.6) is 5.75 Å². The van der Waals surface area contributed by atoms with Gasteiger partial charge in [0, 0.05) is 37.9 Å². The number of nitrogens with zero attached hydrogens (tertiary/aromatic N) is 3. The van der Waals surface area contributed by atoms with Gasteiger partial charge < -0.3 is 18.9 Å². The molecular weight excluding hydrogens is 434 g/mol. The van der Waals surface area contributed by atoms with Gasteiger partial charge in [-0.3, -0.25) is 14.8 Å². The van der Waals surface area contributed by atoms with Crippen molar-refractivity contribution in [1.29, 1.82) is 0 Å². The second kappa shape index (κ2) is 13.1. The Labute approximate surface area is 202 Å². The minimum atomic E-state index is -0.104. The van der Waals surface area contributed by atoms with E-state index >= 15 is 0 Å². The Morgan fingerprint density at radius 3 is 2.56 bits per heavy atom. The molecule has 8 heteroatoms. The van der Waals surface area contributed by atoms with Crippen LogP contribution in [0.4, 0.5) is 0 Å². The number of carbonyl (C=O) groups excluding carboxylic acids is 1. The Morgan fingerprint density at radius 2 is 1.91 bits per heavy atom. The van der Waals surface area contributed by atoms with Crippen LogP contribution in [0.25, 0.3) is 0 Å². The number of Topliss-reactive ketones (excluding diaryl/α,β-unsaturated/α-hetero) is 1. The van der Waals surface area contributed by atoms with E-state index in [0.717, 1.165) is 17.0 Å². The highest BCUT2D eigenvalue weighted by Gasteiger charge is 2.23. The van der Waals surface area contributed by atoms with Crippen LogP contribution in [-0.2, 0) is 19.6 Å². The van der Waals surface area contributed by atoms with Crippen molar-refractivity contribution >= 4 is 17.4 Å². The van der Waals surface area contributed by atoms with Crippen molar-refractivity contribution in [3.8, 4) is 5.75 Å². The number of hydrazone groups is 1. The monoisotopic (exact) mass is 471 g/mol. The lowest BCUT2D eigenvalue weighted by atomic mass is 9.85. The standard InChI is InChI=1S/C26H37N3O5/c1-19-14-22(8-9-25(27-5)34-13-12-33-11-10-31-6)28-29(19)18-24(30)20-15-21(26(2,3)4)17-23(16-20)32-7/h8-9,15-17H,1,10-14,18H2,2-7H3/b9-8-,27-25?. The molecule has 0 fully saturated rings. The lowest BCUT2D eigenvalue weighted by Gasteiger charge is -2.21. The van der Waals surface area contributed by atoms with E-state index in [9.17, 15) is 4.79 Å². The van der Waals surface area contributed by atoms with Gasteiger partial charge in [0.05, 0.1) is 32.6 Å². The lowest BCUT2D eigenvalue weighted by Crippen LogP contribution is -2.22. The van der Waals surface area contributed by atoms with E-state index in [1.165, 1.54) is 0 Å². The maximum atomic E-state index is 13.0. The summed E-state index contributed by atoms with van der Waals surface area (Å²) >= 11 is 0. The van der Waals surface area contributed by atoms with E-state index in [-0.39, 0.29) is 17.7 Å². The van der Waals surface area contributed by atoms with Crippen molar-refractivity contribution in [1.82, 2.24) is 5.01 Å². The van der Waals surface area contributed by atoms with Crippen LogP contribution in [0.3, 0.4) is 0 Å². The molecule has 0 saturated carbocycles. The van der Waals surface area contributed by atoms with Gasteiger partial charge in [0.25, 0.3) is 0 Å². The molecule has 1 aliphatic rings. The zero-order chi connectivity index (χ0) is 25.1. The van der Waals surface area contributed by atoms with Crippen molar-refractivity contribution in [2.24, 2.45) is 10.1 Å². The van der Waals surface area contributed by atoms with Crippen LogP contribution in [0, 0.1) is 0 Å². The first-order valence-electron chi connectivity index (χ1n) is 11.3. The molecule has 1 heterocycles. The summed E-state index contributed by atoms with van der Waals surface area (Å²) in [5, 5.41) is 6.19. The van der Waals surface area contributed by atoms with Crippen LogP contribution in [-0.4, -0.2) is 76.6 Å². The van der Waals surface area contributed by atoms with Gasteiger partial charge in [-0.1, -0.05) is 27.4 Å². The predicted octanol–water partition coefficient (Wildman–Crippen LogP) is 4.01. The van der Waals surface area contributed by atoms with Gasteiger partial charge in [0.1, 0.15) is 18.9 Å². The van der Waals surface area contributed by atoms with Crippen LogP contribution < -0.4 is 4.74 Å². The molecule has 1 aromatic rings. The summed E-state index contributed by atoms with van der Waals surface area (Å²) in [5.41, 5.74) is 3.07. The number of hydrogen-bond donors (Lipinski definition) is 0. The van der Waals surface area contributed by atoms with Gasteiger partial charge in [-0.2, -0.15) is 5.10 Å². The predicted molar refractivity (Wildman–Crippen MR) is 135 cm³/mol. The molecule has 0 aromatic heterocycles. The van der Waals surface area contributed by atoms with Crippen LogP contribution in [0.2, 0.25) is 0 Å². The largest absolute Gasteiger partial charge is 0.497 e. The van der Waals surface area contributed by atoms with E-state index in [2.05, 4.69) is 37.4 Å². The molecule has 8 nitrogen and oxygen atoms in total. The van der Waals surface area contributed by atoms with E-state index in [1.807, 2.05) is 18.2 Å². The second-order valence-electron chi connectivity index (χ2n) is 8.86. The number of rotatable bonds is 12. The third-order valence-corrected chi connectivity index (χ3v) is 5.17. The minimum Gasteiger partial charge on any atom is -0.497 e. The summed E-state index contributed by atoms with van der Waals surface area (Å²) < 4.78 is 21.3. The average Bonchev–Trinajstić information content (AvgIpc) is 3.15. The van der Waals surface area contributed by atoms with Gasteiger partial charge >= 0.3 is 0 Å². The molecule has 1 aromatic carbocycles. The summed E-state index contributed by atoms with van der Waals surface area (Å²) in [5.74, 6) is 1.09. The third kappa shape index (κ3) is 8.43. The van der Waals surface area contributed by atoms with Crippen molar-refractivity contribution in [2.75, 3.05) is 54.2 Å². The fourth-order valence-electron chi connectivity index (χ4n) is 3.14. The van der Waals surface area contributed by atoms with Crippen molar-refractivity contribution < 1.29 is 23.7 Å². The zero-order valence-electron chi connectivity index (χ0n) is 21.2. The highest BCUT2D eigenvalue weighted by Crippen LogP contribution is 2.28. The molecule has 0 amide bonds. The Balaban J connectivity index is 1.99. The second-order valence-corrected chi connectivity index (χ2v) is 8.86. The molecule has 34 heavy (non-hydrogen) atoms. The number of ketones is 1. The highest BCUT2D eigenvalue weighted by atomic mass is 16.5. The number of allylic oxidation sites excluding steroid dienone is 2. The van der Waals surface area contributed by atoms with E-state index < -0.39 is 0 Å². The minimum absolute atomic E-state index is 0.0489. The molecule has 0 saturated heterocycles. The number of carbonyl (C=O) groups is 1. The van der Waals surface area contributed by atoms with Crippen LogP contribution in [0.15, 0.2) is 52.7 Å². The molecule has 186 valence electrons. The summed E-state index contributed by atoms with van der Waals surface area (Å²) in [6.07, 6.45) is 4.13. The van der Waals surface area contributed by atoms with Gasteiger partial charge in [-0.25, -0.2) is 0 Å². The van der Waals surface area contributed by atoms with E-state index in [0.29, 0.717) is 50.1 Å². The van der Waals surface area contributed by atoms with E-state index in [1.54, 1.807) is 38.4 Å². The summed E-state index contributed by atoms with van der Waals surface area (Å²) in [4.78, 5) is 17.2. The maximum absolute atomic E-state index is 13.0. The summed E-state index contributed by atoms with van der Waals surface area (Å²) in [6.45, 7) is 12.4. The highest BCUT2D eigenvalue weighted by molar-refractivity contribution is 6.03. The molecule has 0 bridgehead atoms. The molecule has 0 aliphatic carbocycles. The molecule has 0 atom stereocenters. The molecular formula is C26H37N3O5. The molecule has 0 radical (unpaired) electrons. The number of aliphatic imine (C=N–C) groups is 1. The van der Waals surface area contributed by atoms with Crippen LogP contribution in [0.1, 0.15) is 43.1 Å². The third-order valence-electron chi connectivity index (χ3n) is 5.17. The smallest absolute Gasteiger partial charge is 0.208 e. The Morgan fingerprint density at radius 1 is 1.18 bits per heavy atom. The van der Waals surface area contributed by atoms with Crippen LogP contribution >= 0.6 is 0 Å². The SMILES string of the molecule is C=C1CC(/C=C\C(=NC)OCCOCCOC)=NN1CC(=O)c1cc(OC)cc(C(C)(C)C)c1. The lowest BCUT2D eigenvalue weighted by molar-refractivity contribution is 0.0526. The number of methoxy groups -OCH3 is 2. The fourth-order valence-corrected chi connectivity index (χ4v) is 3.14. The molecule has 1 aliphatic heterocycles. The summed E-state index contributed by atoms with van der Waals surface area (Å²) in [7, 11) is 4.89. The number of benzene rings is 1. The fraction of sp³-hybridized carbons (Fsp3) is 0.500. The maximum Gasteiger partial charge on any atom is 0.208 e. The van der Waals surface area contributed by atoms with Crippen molar-refractivity contribution in [3.63, 3.8) is 0 Å². The van der Waals surface area contributed by atoms with Gasteiger partial charge in [0.15, 0.2) is 5.78 Å². The Kier molecular flexibility index (Phi) is 10.5. The Hall–Kier alpha value is -2.97. The zero-order valence-corrected chi connectivity index (χ0v) is 21.2. The van der Waals surface area contributed by atoms with Crippen molar-refractivity contribution in [2.45, 2.75) is 32.6 Å². The topological polar surface area (TPSA) is 82.0 Å². The quantitative estimate of drug-likeness (QED) is 0.198. The molecule has 0 spiro atoms. The van der Waals surface area contributed by atoms with Gasteiger partial charge in [-0.15, -0.1) is 0 Å².